The zero-order chi connectivity index (χ0) is 24.8. The second kappa shape index (κ2) is 11.4. The summed E-state index contributed by atoms with van der Waals surface area (Å²) in [7, 11) is 0. The summed E-state index contributed by atoms with van der Waals surface area (Å²) in [6.45, 7) is 6.47. The molecule has 1 aromatic heterocycles. The van der Waals surface area contributed by atoms with Gasteiger partial charge in [0.25, 0.3) is 5.91 Å². The Kier molecular flexibility index (Phi) is 8.05. The highest BCUT2D eigenvalue weighted by Gasteiger charge is 2.20. The van der Waals surface area contributed by atoms with Crippen LogP contribution in [0.5, 0.6) is 5.75 Å². The summed E-state index contributed by atoms with van der Waals surface area (Å²) in [5, 5.41) is 6.17. The molecule has 0 bridgehead atoms. The molecule has 0 radical (unpaired) electrons. The number of carbonyl (C=O) groups excluding carboxylic acids is 2. The zero-order valence-electron chi connectivity index (χ0n) is 19.8. The quantitative estimate of drug-likeness (QED) is 0.246. The van der Waals surface area contributed by atoms with Crippen molar-refractivity contribution in [2.75, 3.05) is 17.2 Å². The lowest BCUT2D eigenvalue weighted by Gasteiger charge is -2.14. The molecule has 1 unspecified atom stereocenters. The lowest BCUT2D eigenvalue weighted by Crippen LogP contribution is -2.24. The van der Waals surface area contributed by atoms with Gasteiger partial charge in [-0.25, -0.2) is 4.98 Å². The molecule has 4 rings (SSSR count). The van der Waals surface area contributed by atoms with Crippen LogP contribution in [0.4, 0.5) is 10.8 Å². The van der Waals surface area contributed by atoms with Crippen molar-refractivity contribution in [1.82, 2.24) is 4.98 Å². The molecule has 0 fully saturated rings. The van der Waals surface area contributed by atoms with Crippen LogP contribution in [0.1, 0.15) is 36.2 Å². The molecule has 2 amide bonds. The third kappa shape index (κ3) is 6.41. The summed E-state index contributed by atoms with van der Waals surface area (Å²) in [5.74, 6) is 0.526. The van der Waals surface area contributed by atoms with Crippen LogP contribution in [0.25, 0.3) is 10.2 Å². The smallest absolute Gasteiger partial charge is 0.255 e. The number of ether oxygens (including phenoxy) is 1. The average Bonchev–Trinajstić information content (AvgIpc) is 3.24. The van der Waals surface area contributed by atoms with Crippen LogP contribution < -0.4 is 15.4 Å². The molecule has 0 saturated carbocycles. The van der Waals surface area contributed by atoms with E-state index in [1.54, 1.807) is 6.07 Å². The highest BCUT2D eigenvalue weighted by Crippen LogP contribution is 2.32. The predicted molar refractivity (Wildman–Crippen MR) is 145 cm³/mol. The molecule has 4 aromatic rings. The third-order valence-corrected chi connectivity index (χ3v) is 7.51. The van der Waals surface area contributed by atoms with Crippen molar-refractivity contribution in [1.29, 1.82) is 0 Å². The Balaban J connectivity index is 1.42. The van der Waals surface area contributed by atoms with Crippen LogP contribution in [0.2, 0.25) is 0 Å². The van der Waals surface area contributed by atoms with Crippen LogP contribution in [-0.2, 0) is 4.79 Å². The minimum atomic E-state index is -0.302. The molecule has 2 N–H and O–H groups in total. The van der Waals surface area contributed by atoms with E-state index in [0.29, 0.717) is 29.4 Å². The van der Waals surface area contributed by atoms with E-state index in [9.17, 15) is 9.59 Å². The summed E-state index contributed by atoms with van der Waals surface area (Å²) < 4.78 is 6.51. The van der Waals surface area contributed by atoms with Crippen molar-refractivity contribution in [2.45, 2.75) is 37.3 Å². The van der Waals surface area contributed by atoms with Crippen molar-refractivity contribution in [3.8, 4) is 5.75 Å². The lowest BCUT2D eigenvalue weighted by atomic mass is 10.1. The summed E-state index contributed by atoms with van der Waals surface area (Å²) in [4.78, 5) is 31.1. The van der Waals surface area contributed by atoms with Crippen molar-refractivity contribution in [3.05, 3.63) is 77.9 Å². The highest BCUT2D eigenvalue weighted by molar-refractivity contribution is 8.00. The van der Waals surface area contributed by atoms with Gasteiger partial charge in [-0.3, -0.25) is 9.59 Å². The molecule has 180 valence electrons. The molecule has 6 nitrogen and oxygen atoms in total. The van der Waals surface area contributed by atoms with E-state index in [2.05, 4.69) is 15.6 Å². The minimum absolute atomic E-state index is 0.101. The van der Waals surface area contributed by atoms with Crippen molar-refractivity contribution >= 4 is 55.9 Å². The lowest BCUT2D eigenvalue weighted by molar-refractivity contribution is -0.115. The maximum absolute atomic E-state index is 13.0. The first-order valence-corrected chi connectivity index (χ1v) is 13.1. The van der Waals surface area contributed by atoms with Gasteiger partial charge in [-0.05, 0) is 68.8 Å². The number of fused-ring (bicyclic) bond motifs is 1. The monoisotopic (exact) mass is 505 g/mol. The normalized spacial score (nSPS) is 11.7. The van der Waals surface area contributed by atoms with Crippen LogP contribution in [-0.4, -0.2) is 28.7 Å². The van der Waals surface area contributed by atoms with Gasteiger partial charge in [-0.1, -0.05) is 42.0 Å². The van der Waals surface area contributed by atoms with Crippen molar-refractivity contribution in [3.63, 3.8) is 0 Å². The number of aryl methyl sites for hydroxylation is 1. The van der Waals surface area contributed by atoms with E-state index < -0.39 is 0 Å². The largest absolute Gasteiger partial charge is 0.494 e. The Morgan fingerprint density at radius 3 is 2.63 bits per heavy atom. The topological polar surface area (TPSA) is 80.3 Å². The Labute approximate surface area is 213 Å². The summed E-state index contributed by atoms with van der Waals surface area (Å²) in [6.07, 6.45) is 0.649. The van der Waals surface area contributed by atoms with Gasteiger partial charge in [-0.15, -0.1) is 11.8 Å². The summed E-state index contributed by atoms with van der Waals surface area (Å²) >= 11 is 2.89. The molecular formula is C27H27N3O3S2. The van der Waals surface area contributed by atoms with E-state index in [-0.39, 0.29) is 17.1 Å². The fourth-order valence-corrected chi connectivity index (χ4v) is 5.43. The number of hydrogen-bond acceptors (Lipinski definition) is 6. The number of anilines is 2. The van der Waals surface area contributed by atoms with Crippen molar-refractivity contribution < 1.29 is 14.3 Å². The Morgan fingerprint density at radius 2 is 1.86 bits per heavy atom. The molecule has 0 spiro atoms. The zero-order valence-corrected chi connectivity index (χ0v) is 21.5. The fourth-order valence-electron chi connectivity index (χ4n) is 3.52. The Bertz CT molecular complexity index is 1350. The van der Waals surface area contributed by atoms with Gasteiger partial charge in [0.2, 0.25) is 5.91 Å². The van der Waals surface area contributed by atoms with Gasteiger partial charge in [0.05, 0.1) is 22.1 Å². The molecule has 3 aromatic carbocycles. The van der Waals surface area contributed by atoms with Gasteiger partial charge < -0.3 is 15.4 Å². The number of aromatic nitrogens is 1. The number of nitrogens with zero attached hydrogens (tertiary/aromatic N) is 1. The van der Waals surface area contributed by atoms with Crippen LogP contribution >= 0.6 is 23.1 Å². The number of hydrogen-bond donors (Lipinski definition) is 2. The number of thioether (sulfide) groups is 1. The molecular weight excluding hydrogens is 478 g/mol. The molecule has 0 aliphatic heterocycles. The molecule has 1 heterocycles. The second-order valence-corrected chi connectivity index (χ2v) is 10.2. The van der Waals surface area contributed by atoms with Gasteiger partial charge in [0.1, 0.15) is 5.75 Å². The molecule has 0 aliphatic rings. The number of carbonyl (C=O) groups is 2. The first kappa shape index (κ1) is 24.8. The number of amides is 2. The van der Waals surface area contributed by atoms with Crippen LogP contribution in [0, 0.1) is 6.92 Å². The minimum Gasteiger partial charge on any atom is -0.494 e. The number of benzene rings is 3. The first-order chi connectivity index (χ1) is 16.9. The first-order valence-electron chi connectivity index (χ1n) is 11.4. The van der Waals surface area contributed by atoms with Crippen LogP contribution in [0.15, 0.2) is 71.6 Å². The van der Waals surface area contributed by atoms with Crippen LogP contribution in [0.3, 0.4) is 0 Å². The molecule has 0 aliphatic carbocycles. The van der Waals surface area contributed by atoms with Gasteiger partial charge in [0, 0.05) is 16.1 Å². The number of nitrogens with one attached hydrogen (secondary N) is 2. The summed E-state index contributed by atoms with van der Waals surface area (Å²) in [5.41, 5.74) is 3.15. The van der Waals surface area contributed by atoms with E-state index in [0.717, 1.165) is 26.4 Å². The average molecular weight is 506 g/mol. The molecule has 8 heteroatoms. The maximum atomic E-state index is 13.0. The predicted octanol–water partition coefficient (Wildman–Crippen LogP) is 6.77. The van der Waals surface area contributed by atoms with E-state index >= 15 is 0 Å². The number of rotatable bonds is 9. The maximum Gasteiger partial charge on any atom is 0.255 e. The Morgan fingerprint density at radius 1 is 1.03 bits per heavy atom. The van der Waals surface area contributed by atoms with E-state index in [1.807, 2.05) is 81.4 Å². The SMILES string of the molecule is CCOc1ccc2nc(NC(=O)C(CC)Sc3cccc(NC(=O)c4cccc(C)c4)c3)sc2c1. The highest BCUT2D eigenvalue weighted by atomic mass is 32.2. The fraction of sp³-hybridized carbons (Fsp3) is 0.222. The van der Waals surface area contributed by atoms with Gasteiger partial charge >= 0.3 is 0 Å². The Hall–Kier alpha value is -3.36. The summed E-state index contributed by atoms with van der Waals surface area (Å²) in [6, 6.07) is 20.7. The standard InChI is InChI=1S/C27H27N3O3S2/c1-4-23(26(32)30-27-29-22-13-12-20(33-5-2)16-24(22)35-27)34-21-11-7-10-19(15-21)28-25(31)18-9-6-8-17(3)14-18/h6-16,23H,4-5H2,1-3H3,(H,28,31)(H,29,30,32). The van der Waals surface area contributed by atoms with Gasteiger partial charge in [0.15, 0.2) is 5.13 Å². The molecule has 35 heavy (non-hydrogen) atoms. The number of thiazole rings is 1. The van der Waals surface area contributed by atoms with E-state index in [4.69, 9.17) is 4.74 Å². The third-order valence-electron chi connectivity index (χ3n) is 5.21. The second-order valence-electron chi connectivity index (χ2n) is 7.94. The molecule has 1 atom stereocenters. The molecule has 0 saturated heterocycles. The van der Waals surface area contributed by atoms with Gasteiger partial charge in [-0.2, -0.15) is 0 Å². The van der Waals surface area contributed by atoms with Crippen molar-refractivity contribution in [2.24, 2.45) is 0 Å². The van der Waals surface area contributed by atoms with E-state index in [1.165, 1.54) is 23.1 Å².